The Morgan fingerprint density at radius 3 is 3.06 bits per heavy atom. The summed E-state index contributed by atoms with van der Waals surface area (Å²) in [6.45, 7) is 2.11. The van der Waals surface area contributed by atoms with Crippen LogP contribution in [0.5, 0.6) is 0 Å². The molecule has 1 amide bonds. The van der Waals surface area contributed by atoms with E-state index in [1.54, 1.807) is 6.20 Å². The summed E-state index contributed by atoms with van der Waals surface area (Å²) in [5.41, 5.74) is 11.2. The highest BCUT2D eigenvalue weighted by atomic mass is 16.5. The number of primary amides is 1. The predicted molar refractivity (Wildman–Crippen MR) is 64.5 cm³/mol. The number of amides is 1. The summed E-state index contributed by atoms with van der Waals surface area (Å²) in [6.07, 6.45) is 1.90. The first-order valence-electron chi connectivity index (χ1n) is 5.54. The number of carbonyl (C=O) groups is 1. The van der Waals surface area contributed by atoms with Crippen LogP contribution in [-0.2, 0) is 4.74 Å². The van der Waals surface area contributed by atoms with E-state index in [0.717, 1.165) is 25.3 Å². The molecule has 0 saturated carbocycles. The van der Waals surface area contributed by atoms with Gasteiger partial charge in [0.15, 0.2) is 0 Å². The molecule has 1 aromatic heterocycles. The second-order valence-electron chi connectivity index (χ2n) is 4.18. The Hall–Kier alpha value is -1.98. The molecule has 1 unspecified atom stereocenters. The number of nitrogens with two attached hydrogens (primary N) is 2. The van der Waals surface area contributed by atoms with Gasteiger partial charge in [-0.2, -0.15) is 0 Å². The van der Waals surface area contributed by atoms with E-state index in [-0.39, 0.29) is 0 Å². The fraction of sp³-hybridized carbons (Fsp3) is 0.455. The number of pyridine rings is 1. The lowest BCUT2D eigenvalue weighted by Gasteiger charge is -2.17. The predicted octanol–water partition coefficient (Wildman–Crippen LogP) is 0.585. The molecule has 1 atom stereocenters. The minimum absolute atomic E-state index is 0.321. The van der Waals surface area contributed by atoms with E-state index >= 15 is 0 Å². The summed E-state index contributed by atoms with van der Waals surface area (Å²) in [7, 11) is 0. The van der Waals surface area contributed by atoms with Crippen LogP contribution >= 0.6 is 0 Å². The minimum atomic E-state index is -0.714. The van der Waals surface area contributed by atoms with Crippen molar-refractivity contribution >= 4 is 17.6 Å². The van der Waals surface area contributed by atoms with Crippen LogP contribution in [0.15, 0.2) is 18.3 Å². The van der Waals surface area contributed by atoms with Gasteiger partial charge in [0.1, 0.15) is 5.82 Å². The first kappa shape index (κ1) is 11.5. The standard InChI is InChI=1S/C11H16N4O2/c12-9-1-2-10(14-5-9)15-4-3-8(6-15)7-17-11(13)16/h1-2,5,8H,3-4,6-7,12H2,(H2,13,16). The maximum absolute atomic E-state index is 10.5. The Morgan fingerprint density at radius 1 is 1.59 bits per heavy atom. The molecular formula is C11H16N4O2. The van der Waals surface area contributed by atoms with Crippen LogP contribution in [0.3, 0.4) is 0 Å². The maximum atomic E-state index is 10.5. The quantitative estimate of drug-likeness (QED) is 0.800. The molecule has 0 radical (unpaired) electrons. The van der Waals surface area contributed by atoms with Crippen LogP contribution < -0.4 is 16.4 Å². The van der Waals surface area contributed by atoms with Gasteiger partial charge in [0.05, 0.1) is 18.5 Å². The number of carbonyl (C=O) groups excluding carboxylic acids is 1. The zero-order valence-corrected chi connectivity index (χ0v) is 9.50. The Labute approximate surface area is 99.5 Å². The average molecular weight is 236 g/mol. The number of nitrogen functional groups attached to an aromatic ring is 1. The number of nitrogens with zero attached hydrogens (tertiary/aromatic N) is 2. The van der Waals surface area contributed by atoms with Gasteiger partial charge in [-0.25, -0.2) is 9.78 Å². The van der Waals surface area contributed by atoms with Crippen molar-refractivity contribution < 1.29 is 9.53 Å². The number of hydrogen-bond acceptors (Lipinski definition) is 5. The van der Waals surface area contributed by atoms with Gasteiger partial charge in [-0.05, 0) is 18.6 Å². The molecule has 0 aromatic carbocycles. The first-order valence-corrected chi connectivity index (χ1v) is 5.54. The molecule has 1 saturated heterocycles. The van der Waals surface area contributed by atoms with E-state index in [2.05, 4.69) is 9.88 Å². The normalized spacial score (nSPS) is 19.3. The zero-order valence-electron chi connectivity index (χ0n) is 9.50. The smallest absolute Gasteiger partial charge is 0.404 e. The lowest BCUT2D eigenvalue weighted by Crippen LogP contribution is -2.24. The van der Waals surface area contributed by atoms with Crippen molar-refractivity contribution in [2.45, 2.75) is 6.42 Å². The largest absolute Gasteiger partial charge is 0.449 e. The van der Waals surface area contributed by atoms with Crippen LogP contribution in [0.25, 0.3) is 0 Å². The average Bonchev–Trinajstić information content (AvgIpc) is 2.76. The van der Waals surface area contributed by atoms with Gasteiger partial charge >= 0.3 is 6.09 Å². The molecule has 2 rings (SSSR count). The molecule has 6 nitrogen and oxygen atoms in total. The molecule has 0 aliphatic carbocycles. The number of hydrogen-bond donors (Lipinski definition) is 2. The van der Waals surface area contributed by atoms with E-state index in [1.807, 2.05) is 12.1 Å². The highest BCUT2D eigenvalue weighted by molar-refractivity contribution is 5.64. The summed E-state index contributed by atoms with van der Waals surface area (Å²) < 4.78 is 4.80. The second kappa shape index (κ2) is 4.90. The Morgan fingerprint density at radius 2 is 2.41 bits per heavy atom. The fourth-order valence-corrected chi connectivity index (χ4v) is 1.96. The summed E-state index contributed by atoms with van der Waals surface area (Å²) in [4.78, 5) is 16.9. The SMILES string of the molecule is NC(=O)OCC1CCN(c2ccc(N)cn2)C1. The molecule has 2 heterocycles. The van der Waals surface area contributed by atoms with E-state index in [4.69, 9.17) is 16.2 Å². The van der Waals surface area contributed by atoms with Crippen LogP contribution in [0.4, 0.5) is 16.3 Å². The second-order valence-corrected chi connectivity index (χ2v) is 4.18. The molecule has 6 heteroatoms. The molecule has 0 spiro atoms. The molecule has 0 bridgehead atoms. The van der Waals surface area contributed by atoms with Gasteiger partial charge in [0.25, 0.3) is 0 Å². The third kappa shape index (κ3) is 2.99. The van der Waals surface area contributed by atoms with Crippen molar-refractivity contribution in [3.05, 3.63) is 18.3 Å². The molecule has 4 N–H and O–H groups in total. The lowest BCUT2D eigenvalue weighted by atomic mass is 10.1. The van der Waals surface area contributed by atoms with E-state index in [0.29, 0.717) is 18.2 Å². The number of rotatable bonds is 3. The van der Waals surface area contributed by atoms with Crippen LogP contribution in [0.2, 0.25) is 0 Å². The van der Waals surface area contributed by atoms with Crippen LogP contribution in [0, 0.1) is 5.92 Å². The van der Waals surface area contributed by atoms with Gasteiger partial charge in [-0.15, -0.1) is 0 Å². The molecule has 1 fully saturated rings. The van der Waals surface area contributed by atoms with E-state index in [1.165, 1.54) is 0 Å². The highest BCUT2D eigenvalue weighted by Gasteiger charge is 2.24. The van der Waals surface area contributed by atoms with E-state index in [9.17, 15) is 4.79 Å². The molecular weight excluding hydrogens is 220 g/mol. The van der Waals surface area contributed by atoms with Crippen molar-refractivity contribution in [2.75, 3.05) is 30.3 Å². The van der Waals surface area contributed by atoms with Gasteiger partial charge in [0, 0.05) is 19.0 Å². The summed E-state index contributed by atoms with van der Waals surface area (Å²) in [5.74, 6) is 1.22. The molecule has 1 aliphatic rings. The summed E-state index contributed by atoms with van der Waals surface area (Å²) in [6, 6.07) is 3.72. The van der Waals surface area contributed by atoms with Crippen molar-refractivity contribution in [1.82, 2.24) is 4.98 Å². The third-order valence-electron chi connectivity index (χ3n) is 2.84. The topological polar surface area (TPSA) is 94.5 Å². The molecule has 1 aromatic rings. The van der Waals surface area contributed by atoms with E-state index < -0.39 is 6.09 Å². The van der Waals surface area contributed by atoms with Crippen LogP contribution in [-0.4, -0.2) is 30.8 Å². The zero-order chi connectivity index (χ0) is 12.3. The molecule has 92 valence electrons. The Bertz CT molecular complexity index is 393. The summed E-state index contributed by atoms with van der Waals surface area (Å²) in [5, 5.41) is 0. The molecule has 17 heavy (non-hydrogen) atoms. The Kier molecular flexibility index (Phi) is 3.32. The van der Waals surface area contributed by atoms with Gasteiger partial charge in [0.2, 0.25) is 0 Å². The first-order chi connectivity index (χ1) is 8.15. The molecule has 1 aliphatic heterocycles. The summed E-state index contributed by atoms with van der Waals surface area (Å²) >= 11 is 0. The lowest BCUT2D eigenvalue weighted by molar-refractivity contribution is 0.140. The fourth-order valence-electron chi connectivity index (χ4n) is 1.96. The van der Waals surface area contributed by atoms with Gasteiger partial charge in [-0.3, -0.25) is 0 Å². The number of aromatic nitrogens is 1. The number of ether oxygens (including phenoxy) is 1. The van der Waals surface area contributed by atoms with Gasteiger partial charge in [-0.1, -0.05) is 0 Å². The highest BCUT2D eigenvalue weighted by Crippen LogP contribution is 2.22. The maximum Gasteiger partial charge on any atom is 0.404 e. The van der Waals surface area contributed by atoms with Crippen molar-refractivity contribution in [1.29, 1.82) is 0 Å². The Balaban J connectivity index is 1.89. The third-order valence-corrected chi connectivity index (χ3v) is 2.84. The van der Waals surface area contributed by atoms with Crippen LogP contribution in [0.1, 0.15) is 6.42 Å². The van der Waals surface area contributed by atoms with Crippen molar-refractivity contribution in [3.8, 4) is 0 Å². The number of anilines is 2. The van der Waals surface area contributed by atoms with Crippen molar-refractivity contribution in [3.63, 3.8) is 0 Å². The minimum Gasteiger partial charge on any atom is -0.449 e. The van der Waals surface area contributed by atoms with Crippen molar-refractivity contribution in [2.24, 2.45) is 11.7 Å². The van der Waals surface area contributed by atoms with Gasteiger partial charge < -0.3 is 21.1 Å². The monoisotopic (exact) mass is 236 g/mol.